The predicted octanol–water partition coefficient (Wildman–Crippen LogP) is 6.54. The highest BCUT2D eigenvalue weighted by molar-refractivity contribution is 7.98. The summed E-state index contributed by atoms with van der Waals surface area (Å²) >= 11 is 13.9. The highest BCUT2D eigenvalue weighted by atomic mass is 35.5. The van der Waals surface area contributed by atoms with E-state index in [1.165, 1.54) is 5.56 Å². The van der Waals surface area contributed by atoms with Crippen LogP contribution in [0.2, 0.25) is 10.0 Å². The summed E-state index contributed by atoms with van der Waals surface area (Å²) in [6.45, 7) is 0. The number of carbonyl (C=O) groups excluding carboxylic acids is 1. The van der Waals surface area contributed by atoms with Gasteiger partial charge in [-0.05, 0) is 35.9 Å². The molecule has 0 fully saturated rings. The fourth-order valence-corrected chi connectivity index (χ4v) is 3.75. The van der Waals surface area contributed by atoms with E-state index in [4.69, 9.17) is 23.2 Å². The molecule has 3 rings (SSSR count). The molecule has 0 saturated carbocycles. The molecular formula is C20H15Cl2NOS. The minimum atomic E-state index is -0.241. The van der Waals surface area contributed by atoms with Crippen molar-refractivity contribution >= 4 is 46.6 Å². The van der Waals surface area contributed by atoms with Crippen molar-refractivity contribution in [3.8, 4) is 0 Å². The summed E-state index contributed by atoms with van der Waals surface area (Å²) in [6.07, 6.45) is 0. The summed E-state index contributed by atoms with van der Waals surface area (Å²) in [5, 5.41) is 3.98. The van der Waals surface area contributed by atoms with Gasteiger partial charge >= 0.3 is 0 Å². The zero-order valence-corrected chi connectivity index (χ0v) is 15.5. The zero-order valence-electron chi connectivity index (χ0n) is 13.2. The average molecular weight is 388 g/mol. The van der Waals surface area contributed by atoms with Crippen molar-refractivity contribution in [1.29, 1.82) is 0 Å². The number of hydrogen-bond acceptors (Lipinski definition) is 2. The number of benzene rings is 3. The van der Waals surface area contributed by atoms with Crippen molar-refractivity contribution in [2.45, 2.75) is 10.6 Å². The van der Waals surface area contributed by atoms with Gasteiger partial charge < -0.3 is 5.32 Å². The Kier molecular flexibility index (Phi) is 6.03. The summed E-state index contributed by atoms with van der Waals surface area (Å²) in [5.41, 5.74) is 2.37. The first-order valence-corrected chi connectivity index (χ1v) is 9.40. The predicted molar refractivity (Wildman–Crippen MR) is 107 cm³/mol. The van der Waals surface area contributed by atoms with Crippen molar-refractivity contribution < 1.29 is 4.79 Å². The van der Waals surface area contributed by atoms with E-state index in [9.17, 15) is 4.79 Å². The summed E-state index contributed by atoms with van der Waals surface area (Å²) in [6, 6.07) is 22.5. The van der Waals surface area contributed by atoms with Crippen molar-refractivity contribution in [2.75, 3.05) is 5.32 Å². The molecule has 1 N–H and O–H groups in total. The van der Waals surface area contributed by atoms with E-state index >= 15 is 0 Å². The molecule has 3 aromatic carbocycles. The van der Waals surface area contributed by atoms with E-state index < -0.39 is 0 Å². The zero-order chi connectivity index (χ0) is 17.6. The van der Waals surface area contributed by atoms with Gasteiger partial charge in [0.1, 0.15) is 0 Å². The molecule has 0 atom stereocenters. The van der Waals surface area contributed by atoms with Crippen LogP contribution in [0.1, 0.15) is 15.9 Å². The molecular weight excluding hydrogens is 373 g/mol. The third-order valence-electron chi connectivity index (χ3n) is 3.55. The molecule has 126 valence electrons. The maximum Gasteiger partial charge on any atom is 0.257 e. The van der Waals surface area contributed by atoms with Gasteiger partial charge in [0.2, 0.25) is 0 Å². The average Bonchev–Trinajstić information content (AvgIpc) is 2.63. The smallest absolute Gasteiger partial charge is 0.257 e. The standard InChI is InChI=1S/C20H15Cl2NOS/c21-15-10-11-18(23-20(24)16-8-4-5-9-17(16)22)19(12-15)25-13-14-6-2-1-3-7-14/h1-12H,13H2,(H,23,24). The molecule has 0 unspecified atom stereocenters. The number of hydrogen-bond donors (Lipinski definition) is 1. The Morgan fingerprint density at radius 1 is 0.920 bits per heavy atom. The van der Waals surface area contributed by atoms with Gasteiger partial charge in [0.25, 0.3) is 5.91 Å². The van der Waals surface area contributed by atoms with Crippen LogP contribution >= 0.6 is 35.0 Å². The highest BCUT2D eigenvalue weighted by Gasteiger charge is 2.13. The minimum Gasteiger partial charge on any atom is -0.321 e. The van der Waals surface area contributed by atoms with E-state index in [2.05, 4.69) is 17.4 Å². The molecule has 5 heteroatoms. The number of anilines is 1. The fourth-order valence-electron chi connectivity index (χ4n) is 2.29. The number of thioether (sulfide) groups is 1. The SMILES string of the molecule is O=C(Nc1ccc(Cl)cc1SCc1ccccc1)c1ccccc1Cl. The molecule has 0 radical (unpaired) electrons. The molecule has 0 aliphatic rings. The van der Waals surface area contributed by atoms with Crippen molar-refractivity contribution in [1.82, 2.24) is 0 Å². The molecule has 25 heavy (non-hydrogen) atoms. The van der Waals surface area contributed by atoms with Crippen LogP contribution in [0.15, 0.2) is 77.7 Å². The fraction of sp³-hybridized carbons (Fsp3) is 0.0500. The maximum absolute atomic E-state index is 12.5. The summed E-state index contributed by atoms with van der Waals surface area (Å²) in [4.78, 5) is 13.4. The Labute approximate surface area is 161 Å². The number of halogens is 2. The molecule has 0 aliphatic carbocycles. The van der Waals surface area contributed by atoms with Gasteiger partial charge in [-0.2, -0.15) is 0 Å². The first-order valence-electron chi connectivity index (χ1n) is 7.65. The summed E-state index contributed by atoms with van der Waals surface area (Å²) in [5.74, 6) is 0.547. The van der Waals surface area contributed by atoms with Gasteiger partial charge in [-0.15, -0.1) is 11.8 Å². The van der Waals surface area contributed by atoms with Gasteiger partial charge in [0, 0.05) is 15.7 Å². The third-order valence-corrected chi connectivity index (χ3v) is 5.24. The molecule has 0 aromatic heterocycles. The van der Waals surface area contributed by atoms with Crippen LogP contribution in [-0.4, -0.2) is 5.91 Å². The van der Waals surface area contributed by atoms with E-state index in [1.54, 1.807) is 42.1 Å². The van der Waals surface area contributed by atoms with Crippen LogP contribution in [0.25, 0.3) is 0 Å². The van der Waals surface area contributed by atoms with Crippen molar-refractivity contribution in [2.24, 2.45) is 0 Å². The van der Waals surface area contributed by atoms with Gasteiger partial charge in [-0.3, -0.25) is 4.79 Å². The van der Waals surface area contributed by atoms with Gasteiger partial charge in [-0.25, -0.2) is 0 Å². The molecule has 0 heterocycles. The van der Waals surface area contributed by atoms with Crippen LogP contribution in [0, 0.1) is 0 Å². The molecule has 0 bridgehead atoms. The first-order chi connectivity index (χ1) is 12.1. The second kappa shape index (κ2) is 8.43. The Morgan fingerprint density at radius 2 is 1.64 bits per heavy atom. The number of amides is 1. The lowest BCUT2D eigenvalue weighted by Crippen LogP contribution is -2.13. The van der Waals surface area contributed by atoms with Gasteiger partial charge in [-0.1, -0.05) is 65.7 Å². The quantitative estimate of drug-likeness (QED) is 0.503. The van der Waals surface area contributed by atoms with Crippen molar-refractivity contribution in [3.05, 3.63) is 94.0 Å². The van der Waals surface area contributed by atoms with Gasteiger partial charge in [0.05, 0.1) is 16.3 Å². The monoisotopic (exact) mass is 387 g/mol. The largest absolute Gasteiger partial charge is 0.321 e. The molecule has 0 spiro atoms. The summed E-state index contributed by atoms with van der Waals surface area (Å²) in [7, 11) is 0. The van der Waals surface area contributed by atoms with E-state index in [0.717, 1.165) is 16.3 Å². The Morgan fingerprint density at radius 3 is 2.40 bits per heavy atom. The molecule has 3 aromatic rings. The first kappa shape index (κ1) is 17.9. The maximum atomic E-state index is 12.5. The Balaban J connectivity index is 1.79. The van der Waals surface area contributed by atoms with Crippen LogP contribution in [0.5, 0.6) is 0 Å². The minimum absolute atomic E-state index is 0.241. The Hall–Kier alpha value is -1.94. The molecule has 1 amide bonds. The third kappa shape index (κ3) is 4.79. The van der Waals surface area contributed by atoms with E-state index in [0.29, 0.717) is 15.6 Å². The highest BCUT2D eigenvalue weighted by Crippen LogP contribution is 2.33. The molecule has 0 saturated heterocycles. The second-order valence-corrected chi connectivity index (χ2v) is 7.21. The Bertz CT molecular complexity index is 884. The topological polar surface area (TPSA) is 29.1 Å². The number of nitrogens with one attached hydrogen (secondary N) is 1. The summed E-state index contributed by atoms with van der Waals surface area (Å²) < 4.78 is 0. The lowest BCUT2D eigenvalue weighted by atomic mass is 10.2. The van der Waals surface area contributed by atoms with Crippen molar-refractivity contribution in [3.63, 3.8) is 0 Å². The van der Waals surface area contributed by atoms with Crippen LogP contribution in [0.3, 0.4) is 0 Å². The molecule has 2 nitrogen and oxygen atoms in total. The lowest BCUT2D eigenvalue weighted by molar-refractivity contribution is 0.102. The molecule has 0 aliphatic heterocycles. The lowest BCUT2D eigenvalue weighted by Gasteiger charge is -2.12. The second-order valence-electron chi connectivity index (χ2n) is 5.35. The number of rotatable bonds is 5. The van der Waals surface area contributed by atoms with Crippen LogP contribution in [-0.2, 0) is 5.75 Å². The van der Waals surface area contributed by atoms with E-state index in [1.807, 2.05) is 30.3 Å². The number of carbonyl (C=O) groups is 1. The van der Waals surface area contributed by atoms with Gasteiger partial charge in [0.15, 0.2) is 0 Å². The van der Waals surface area contributed by atoms with Crippen LogP contribution in [0.4, 0.5) is 5.69 Å². The normalized spacial score (nSPS) is 10.5. The van der Waals surface area contributed by atoms with Crippen LogP contribution < -0.4 is 5.32 Å². The van der Waals surface area contributed by atoms with E-state index in [-0.39, 0.29) is 5.91 Å².